The largest absolute Gasteiger partial charge is 0.434 e. The molecule has 0 saturated carbocycles. The molecule has 2 unspecified atom stereocenters. The molecule has 3 heterocycles. The number of nitrogens with zero attached hydrogens (tertiary/aromatic N) is 2. The van der Waals surface area contributed by atoms with Crippen molar-refractivity contribution in [2.45, 2.75) is 69.5 Å². The Morgan fingerprint density at radius 3 is 2.49 bits per heavy atom. The summed E-state index contributed by atoms with van der Waals surface area (Å²) in [6.45, 7) is 1.26. The van der Waals surface area contributed by atoms with Gasteiger partial charge in [0.15, 0.2) is 0 Å². The number of cyclic esters (lactones) is 1. The molecule has 5 atom stereocenters. The van der Waals surface area contributed by atoms with Gasteiger partial charge in [-0.3, -0.25) is 19.2 Å². The van der Waals surface area contributed by atoms with Gasteiger partial charge in [-0.25, -0.2) is 8.42 Å². The number of amides is 3. The quantitative estimate of drug-likeness (QED) is 0.412. The van der Waals surface area contributed by atoms with E-state index < -0.39 is 64.2 Å². The number of hydrogen-bond acceptors (Lipinski definition) is 8. The summed E-state index contributed by atoms with van der Waals surface area (Å²) in [5, 5.41) is 17.1. The van der Waals surface area contributed by atoms with Crippen LogP contribution < -0.4 is 10.6 Å². The highest BCUT2D eigenvalue weighted by Crippen LogP contribution is 2.28. The zero-order valence-corrected chi connectivity index (χ0v) is 23.5. The van der Waals surface area contributed by atoms with Crippen LogP contribution in [0.5, 0.6) is 0 Å². The monoisotopic (exact) mass is 586 g/mol. The Balaban J connectivity index is 1.44. The molecule has 41 heavy (non-hydrogen) atoms. The van der Waals surface area contributed by atoms with E-state index in [2.05, 4.69) is 10.6 Å². The highest BCUT2D eigenvalue weighted by atomic mass is 32.2. The van der Waals surface area contributed by atoms with E-state index in [9.17, 15) is 32.7 Å². The first-order valence-electron chi connectivity index (χ1n) is 13.9. The summed E-state index contributed by atoms with van der Waals surface area (Å²) in [6.07, 6.45) is 0.320. The lowest BCUT2D eigenvalue weighted by Crippen LogP contribution is -2.69. The van der Waals surface area contributed by atoms with Crippen LogP contribution in [0.3, 0.4) is 0 Å². The van der Waals surface area contributed by atoms with Gasteiger partial charge in [-0.1, -0.05) is 49.2 Å². The Hall–Kier alpha value is -3.55. The van der Waals surface area contributed by atoms with E-state index in [0.717, 1.165) is 10.8 Å². The fourth-order valence-corrected chi connectivity index (χ4v) is 7.02. The van der Waals surface area contributed by atoms with Crippen LogP contribution in [-0.2, 0) is 29.1 Å². The second-order valence-corrected chi connectivity index (χ2v) is 12.9. The van der Waals surface area contributed by atoms with Crippen LogP contribution in [0, 0.1) is 0 Å². The Bertz CT molecular complexity index is 1460. The molecule has 2 aromatic carbocycles. The average Bonchev–Trinajstić information content (AvgIpc) is 3.28. The molecule has 0 aromatic heterocycles. The molecule has 2 aromatic rings. The number of nitrogens with one attached hydrogen (secondary N) is 2. The first-order valence-corrected chi connectivity index (χ1v) is 15.5. The molecule has 220 valence electrons. The Kier molecular flexibility index (Phi) is 8.30. The number of aliphatic hydroxyl groups excluding tert-OH is 1. The van der Waals surface area contributed by atoms with E-state index in [-0.39, 0.29) is 25.3 Å². The topological polar surface area (TPSA) is 162 Å². The lowest BCUT2D eigenvalue weighted by Gasteiger charge is -2.47. The number of esters is 1. The lowest BCUT2D eigenvalue weighted by molar-refractivity contribution is -0.156. The second kappa shape index (κ2) is 11.7. The van der Waals surface area contributed by atoms with Gasteiger partial charge in [0.25, 0.3) is 5.91 Å². The highest BCUT2D eigenvalue weighted by molar-refractivity contribution is 7.89. The normalized spacial score (nSPS) is 27.5. The van der Waals surface area contributed by atoms with Gasteiger partial charge in [-0.15, -0.1) is 0 Å². The zero-order valence-electron chi connectivity index (χ0n) is 22.7. The van der Waals surface area contributed by atoms with Crippen molar-refractivity contribution in [3.8, 4) is 0 Å². The van der Waals surface area contributed by atoms with Crippen molar-refractivity contribution in [1.82, 2.24) is 19.8 Å². The molecule has 3 aliphatic heterocycles. The number of fused-ring (bicyclic) bond motifs is 2. The van der Waals surface area contributed by atoms with Gasteiger partial charge in [-0.05, 0) is 36.6 Å². The van der Waals surface area contributed by atoms with Crippen LogP contribution >= 0.6 is 0 Å². The van der Waals surface area contributed by atoms with Gasteiger partial charge in [-0.2, -0.15) is 4.31 Å². The predicted molar refractivity (Wildman–Crippen MR) is 148 cm³/mol. The van der Waals surface area contributed by atoms with Gasteiger partial charge < -0.3 is 25.4 Å². The maximum atomic E-state index is 14.1. The summed E-state index contributed by atoms with van der Waals surface area (Å²) in [5.41, 5.74) is 0.419. The van der Waals surface area contributed by atoms with Crippen LogP contribution in [0.25, 0.3) is 10.8 Å². The molecule has 5 rings (SSSR count). The van der Waals surface area contributed by atoms with Crippen molar-refractivity contribution in [2.75, 3.05) is 18.8 Å². The minimum absolute atomic E-state index is 0.0311. The van der Waals surface area contributed by atoms with Gasteiger partial charge in [0, 0.05) is 24.7 Å². The van der Waals surface area contributed by atoms with Crippen LogP contribution in [0.2, 0.25) is 0 Å². The molecule has 0 spiro atoms. The molecular formula is C28H34N4O8S. The van der Waals surface area contributed by atoms with Crippen LogP contribution in [-0.4, -0.2) is 95.7 Å². The number of benzene rings is 2. The highest BCUT2D eigenvalue weighted by Gasteiger charge is 2.47. The maximum Gasteiger partial charge on any atom is 0.310 e. The first kappa shape index (κ1) is 29.0. The van der Waals surface area contributed by atoms with E-state index in [1.165, 1.54) is 16.1 Å². The Labute approximate surface area is 238 Å². The summed E-state index contributed by atoms with van der Waals surface area (Å²) in [4.78, 5) is 54.1. The Morgan fingerprint density at radius 1 is 1.02 bits per heavy atom. The van der Waals surface area contributed by atoms with Crippen LogP contribution in [0.15, 0.2) is 42.5 Å². The van der Waals surface area contributed by atoms with Crippen molar-refractivity contribution in [2.24, 2.45) is 0 Å². The predicted octanol–water partition coefficient (Wildman–Crippen LogP) is 0.493. The molecule has 3 amide bonds. The summed E-state index contributed by atoms with van der Waals surface area (Å²) in [6, 6.07) is 8.99. The average molecular weight is 587 g/mol. The summed E-state index contributed by atoms with van der Waals surface area (Å²) in [5.74, 6) is -2.46. The second-order valence-electron chi connectivity index (χ2n) is 10.7. The minimum Gasteiger partial charge on any atom is -0.434 e. The van der Waals surface area contributed by atoms with Crippen molar-refractivity contribution in [3.63, 3.8) is 0 Å². The molecule has 0 aliphatic carbocycles. The van der Waals surface area contributed by atoms with Crippen LogP contribution in [0.1, 0.15) is 49.4 Å². The van der Waals surface area contributed by atoms with E-state index in [1.54, 1.807) is 12.1 Å². The summed E-state index contributed by atoms with van der Waals surface area (Å²) < 4.78 is 31.7. The number of ether oxygens (including phenoxy) is 1. The van der Waals surface area contributed by atoms with Gasteiger partial charge in [0.05, 0.1) is 12.2 Å². The molecule has 0 radical (unpaired) electrons. The van der Waals surface area contributed by atoms with Crippen molar-refractivity contribution in [3.05, 3.63) is 48.0 Å². The fraction of sp³-hybridized carbons (Fsp3) is 0.500. The molecule has 3 N–H and O–H groups in total. The number of carbonyl (C=O) groups is 4. The third kappa shape index (κ3) is 5.92. The van der Waals surface area contributed by atoms with Gasteiger partial charge in [0.1, 0.15) is 18.1 Å². The number of aliphatic hydroxyl groups is 1. The molecule has 12 nitrogen and oxygen atoms in total. The van der Waals surface area contributed by atoms with E-state index in [1.807, 2.05) is 30.3 Å². The smallest absolute Gasteiger partial charge is 0.310 e. The summed E-state index contributed by atoms with van der Waals surface area (Å²) >= 11 is 0. The fourth-order valence-electron chi connectivity index (χ4n) is 5.89. The number of rotatable bonds is 6. The van der Waals surface area contributed by atoms with Crippen LogP contribution in [0.4, 0.5) is 0 Å². The lowest BCUT2D eigenvalue weighted by atomic mass is 9.94. The number of carbonyl (C=O) groups excluding carboxylic acids is 4. The van der Waals surface area contributed by atoms with E-state index >= 15 is 0 Å². The Morgan fingerprint density at radius 2 is 1.76 bits per heavy atom. The summed E-state index contributed by atoms with van der Waals surface area (Å²) in [7, 11) is -3.70. The molecular weight excluding hydrogens is 552 g/mol. The van der Waals surface area contributed by atoms with Crippen molar-refractivity contribution >= 4 is 44.5 Å². The SMILES string of the molecule is CCS(=O)(=O)N1C[C@@H]2CCCC[C@H](NC(=O)c3cccc4ccccc34)C(=O)N2[C@H](C(=O)NC2CC(=O)OC2O)C1. The number of piperazine rings is 1. The van der Waals surface area contributed by atoms with Crippen molar-refractivity contribution < 1.29 is 37.4 Å². The third-order valence-corrected chi connectivity index (χ3v) is 9.88. The van der Waals surface area contributed by atoms with E-state index in [4.69, 9.17) is 4.74 Å². The third-order valence-electron chi connectivity index (χ3n) is 8.06. The molecule has 3 aliphatic rings. The molecule has 13 heteroatoms. The number of hydrogen-bond donors (Lipinski definition) is 3. The van der Waals surface area contributed by atoms with Crippen molar-refractivity contribution in [1.29, 1.82) is 0 Å². The standard InChI is InChI=1S/C28H34N4O8S/c1-2-41(38,39)31-15-18-10-4-6-13-21(29-25(34)20-12-7-9-17-8-3-5-11-19(17)20)27(36)32(18)23(16-31)26(35)30-22-14-24(33)40-28(22)37/h3,5,7-9,11-12,18,21-23,28,37H,2,4,6,10,13-16H2,1H3,(H,29,34)(H,30,35)/t18-,21-,22?,23-,28?/m0/s1. The van der Waals surface area contributed by atoms with Gasteiger partial charge >= 0.3 is 5.97 Å². The number of sulfonamides is 1. The first-order chi connectivity index (χ1) is 19.6. The maximum absolute atomic E-state index is 14.1. The minimum atomic E-state index is -3.70. The molecule has 0 bridgehead atoms. The molecule has 3 saturated heterocycles. The van der Waals surface area contributed by atoms with E-state index in [0.29, 0.717) is 31.2 Å². The molecule has 3 fully saturated rings. The zero-order chi connectivity index (χ0) is 29.3. The van der Waals surface area contributed by atoms with Gasteiger partial charge in [0.2, 0.25) is 28.1 Å².